The van der Waals surface area contributed by atoms with Crippen molar-refractivity contribution in [3.8, 4) is 11.5 Å². The van der Waals surface area contributed by atoms with Gasteiger partial charge >= 0.3 is 0 Å². The van der Waals surface area contributed by atoms with Crippen LogP contribution in [0, 0.1) is 23.3 Å². The zero-order valence-electron chi connectivity index (χ0n) is 38.6. The minimum atomic E-state index is -1.82. The number of aldehydes is 2. The van der Waals surface area contributed by atoms with Gasteiger partial charge in [0.05, 0.1) is 38.6 Å². The SMILES string of the molecule is CC/C=C/c1ccc(OCc2cn(CC(O)(Cn3cncn3)c3ccc(F)cc3F)nn2)cc1.CCCC=O.O=Cc1ccc(OCc2cn(CC(O)(Cn3cncn3)c3ccc(F)cc3F)nn2)cc1. The first-order valence-corrected chi connectivity index (χ1v) is 22.1. The molecule has 0 spiro atoms. The number of hydrogen-bond acceptors (Lipinski definition) is 14. The van der Waals surface area contributed by atoms with Gasteiger partial charge in [-0.15, -0.1) is 10.2 Å². The van der Waals surface area contributed by atoms with Gasteiger partial charge in [-0.1, -0.05) is 60.7 Å². The second kappa shape index (κ2) is 25.4. The summed E-state index contributed by atoms with van der Waals surface area (Å²) < 4.78 is 72.8. The summed E-state index contributed by atoms with van der Waals surface area (Å²) >= 11 is 0. The average molecular weight is 979 g/mol. The maximum absolute atomic E-state index is 14.6. The van der Waals surface area contributed by atoms with Crippen molar-refractivity contribution in [2.75, 3.05) is 0 Å². The first-order chi connectivity index (χ1) is 34.3. The molecule has 0 bridgehead atoms. The van der Waals surface area contributed by atoms with Crippen molar-refractivity contribution in [3.05, 3.63) is 186 Å². The number of halogens is 4. The molecular weight excluding hydrogens is 929 g/mol. The minimum absolute atomic E-state index is 0.0880. The van der Waals surface area contributed by atoms with Crippen molar-refractivity contribution < 1.29 is 46.8 Å². The van der Waals surface area contributed by atoms with E-state index in [0.29, 0.717) is 40.9 Å². The summed E-state index contributed by atoms with van der Waals surface area (Å²) in [5.74, 6) is -2.03. The summed E-state index contributed by atoms with van der Waals surface area (Å²) in [6.07, 6.45) is 17.0. The third-order valence-electron chi connectivity index (χ3n) is 10.3. The van der Waals surface area contributed by atoms with Crippen LogP contribution in [-0.4, -0.2) is 82.3 Å². The Bertz CT molecular complexity index is 2920. The number of ether oxygens (including phenoxy) is 2. The number of aliphatic hydroxyl groups is 2. The Kier molecular flexibility index (Phi) is 18.6. The number of allylic oxidation sites excluding steroid dienone is 1. The highest BCUT2D eigenvalue weighted by Gasteiger charge is 2.36. The fourth-order valence-corrected chi connectivity index (χ4v) is 6.84. The van der Waals surface area contributed by atoms with Crippen LogP contribution in [0.1, 0.15) is 71.5 Å². The molecule has 0 aliphatic rings. The van der Waals surface area contributed by atoms with Crippen LogP contribution < -0.4 is 9.47 Å². The number of hydrogen-bond donors (Lipinski definition) is 2. The highest BCUT2D eigenvalue weighted by Crippen LogP contribution is 2.30. The highest BCUT2D eigenvalue weighted by molar-refractivity contribution is 5.74. The molecule has 0 radical (unpaired) electrons. The number of nitrogens with zero attached hydrogens (tertiary/aromatic N) is 12. The van der Waals surface area contributed by atoms with E-state index in [1.54, 1.807) is 36.7 Å². The lowest BCUT2D eigenvalue weighted by molar-refractivity contribution is -0.107. The molecule has 18 nitrogen and oxygen atoms in total. The first kappa shape index (κ1) is 52.1. The number of benzene rings is 4. The Morgan fingerprint density at radius 1 is 0.606 bits per heavy atom. The number of rotatable bonds is 21. The number of unbranched alkanes of at least 4 members (excludes halogenated alkanes) is 1. The van der Waals surface area contributed by atoms with Gasteiger partial charge in [0, 0.05) is 35.2 Å². The standard InChI is InChI=1S/C24H24F2N6O2.C21H18F2N6O3.C4H8O/c1-2-3-4-18-5-8-21(9-6-18)34-13-20-12-31(30-29-20)14-24(33,15-32-17-27-16-28-32)22-10-7-19(25)11-23(22)26;22-16-3-6-19(20(23)7-16)21(31,12-29-14-24-13-25-29)11-28-8-17(26-27-28)10-32-18-4-1-15(9-30)2-5-18;1-2-3-4-5/h3-12,16-17,33H,2,13-15H2,1H3;1-9,13-14,31H,10-12H2;4H,2-3H2,1H3/b4-3+;;. The van der Waals surface area contributed by atoms with Gasteiger partial charge in [0.2, 0.25) is 0 Å². The van der Waals surface area contributed by atoms with E-state index in [1.165, 1.54) is 56.2 Å². The smallest absolute Gasteiger partial charge is 0.150 e. The third-order valence-corrected chi connectivity index (χ3v) is 10.3. The molecule has 2 N–H and O–H groups in total. The van der Waals surface area contributed by atoms with E-state index in [2.05, 4.69) is 53.8 Å². The summed E-state index contributed by atoms with van der Waals surface area (Å²) in [6, 6.07) is 20.2. The molecule has 4 aromatic carbocycles. The van der Waals surface area contributed by atoms with Gasteiger partial charge in [-0.05, 0) is 66.9 Å². The van der Waals surface area contributed by atoms with Crippen LogP contribution in [0.15, 0.2) is 129 Å². The maximum atomic E-state index is 14.6. The minimum Gasteiger partial charge on any atom is -0.487 e. The number of carbonyl (C=O) groups excluding carboxylic acids is 2. The molecule has 0 fully saturated rings. The molecule has 2 unspecified atom stereocenters. The molecule has 0 aliphatic carbocycles. The Balaban J connectivity index is 0.000000213. The van der Waals surface area contributed by atoms with Gasteiger partial charge in [0.25, 0.3) is 0 Å². The van der Waals surface area contributed by atoms with Gasteiger partial charge < -0.3 is 24.5 Å². The van der Waals surface area contributed by atoms with Crippen LogP contribution in [0.5, 0.6) is 11.5 Å². The van der Waals surface area contributed by atoms with E-state index in [-0.39, 0.29) is 50.5 Å². The van der Waals surface area contributed by atoms with Gasteiger partial charge in [-0.25, -0.2) is 46.3 Å². The van der Waals surface area contributed by atoms with Crippen LogP contribution in [0.4, 0.5) is 17.6 Å². The third kappa shape index (κ3) is 15.4. The van der Waals surface area contributed by atoms with E-state index < -0.39 is 34.5 Å². The molecule has 2 atom stereocenters. The normalized spacial score (nSPS) is 12.7. The molecule has 8 aromatic rings. The average Bonchev–Trinajstić information content (AvgIpc) is 4.22. The van der Waals surface area contributed by atoms with Crippen molar-refractivity contribution in [2.24, 2.45) is 0 Å². The molecule has 0 aliphatic heterocycles. The number of carbonyl (C=O) groups is 2. The molecule has 0 amide bonds. The van der Waals surface area contributed by atoms with E-state index >= 15 is 0 Å². The van der Waals surface area contributed by atoms with Gasteiger partial charge in [-0.2, -0.15) is 10.2 Å². The molecule has 71 heavy (non-hydrogen) atoms. The summed E-state index contributed by atoms with van der Waals surface area (Å²) in [5.41, 5.74) is -1.21. The second-order valence-corrected chi connectivity index (χ2v) is 15.9. The lowest BCUT2D eigenvalue weighted by atomic mass is 9.93. The van der Waals surface area contributed by atoms with Crippen LogP contribution in [0.2, 0.25) is 0 Å². The van der Waals surface area contributed by atoms with Crippen LogP contribution in [0.25, 0.3) is 6.08 Å². The molecular formula is C49H50F4N12O6. The second-order valence-electron chi connectivity index (χ2n) is 15.9. The van der Waals surface area contributed by atoms with Crippen LogP contribution in [-0.2, 0) is 55.4 Å². The molecule has 4 heterocycles. The molecule has 0 saturated carbocycles. The summed E-state index contributed by atoms with van der Waals surface area (Å²) in [7, 11) is 0. The van der Waals surface area contributed by atoms with Gasteiger partial charge in [0.1, 0.15) is 108 Å². The maximum Gasteiger partial charge on any atom is 0.150 e. The molecule has 22 heteroatoms. The largest absolute Gasteiger partial charge is 0.487 e. The Labute approximate surface area is 404 Å². The fourth-order valence-electron chi connectivity index (χ4n) is 6.84. The molecule has 0 saturated heterocycles. The summed E-state index contributed by atoms with van der Waals surface area (Å²) in [5, 5.41) is 46.8. The lowest BCUT2D eigenvalue weighted by Crippen LogP contribution is -2.37. The van der Waals surface area contributed by atoms with Gasteiger partial charge in [0.15, 0.2) is 0 Å². The van der Waals surface area contributed by atoms with E-state index in [4.69, 9.17) is 9.47 Å². The zero-order chi connectivity index (χ0) is 50.6. The first-order valence-electron chi connectivity index (χ1n) is 22.1. The van der Waals surface area contributed by atoms with E-state index in [9.17, 15) is 37.4 Å². The Morgan fingerprint density at radius 3 is 1.42 bits per heavy atom. The van der Waals surface area contributed by atoms with Crippen molar-refractivity contribution >= 4 is 18.6 Å². The fraction of sp³-hybridized carbons (Fsp3) is 0.265. The van der Waals surface area contributed by atoms with Crippen molar-refractivity contribution in [1.82, 2.24) is 59.5 Å². The van der Waals surface area contributed by atoms with Crippen LogP contribution in [0.3, 0.4) is 0 Å². The number of aromatic nitrogens is 12. The summed E-state index contributed by atoms with van der Waals surface area (Å²) in [4.78, 5) is 27.8. The molecule has 370 valence electrons. The lowest BCUT2D eigenvalue weighted by Gasteiger charge is -2.28. The molecule has 4 aromatic heterocycles. The topological polar surface area (TPSA) is 216 Å². The highest BCUT2D eigenvalue weighted by atomic mass is 19.1. The predicted octanol–water partition coefficient (Wildman–Crippen LogP) is 6.85. The van der Waals surface area contributed by atoms with E-state index in [1.807, 2.05) is 37.3 Å². The van der Waals surface area contributed by atoms with E-state index in [0.717, 1.165) is 49.2 Å². The Hall–Kier alpha value is -8.24. The van der Waals surface area contributed by atoms with Crippen LogP contribution >= 0.6 is 0 Å². The Morgan fingerprint density at radius 2 is 1.06 bits per heavy atom. The zero-order valence-corrected chi connectivity index (χ0v) is 38.6. The predicted molar refractivity (Wildman–Crippen MR) is 248 cm³/mol. The van der Waals surface area contributed by atoms with Crippen molar-refractivity contribution in [3.63, 3.8) is 0 Å². The quantitative estimate of drug-likeness (QED) is 0.0557. The molecule has 8 rings (SSSR count). The summed E-state index contributed by atoms with van der Waals surface area (Å²) in [6.45, 7) is 3.70. The van der Waals surface area contributed by atoms with Crippen molar-refractivity contribution in [1.29, 1.82) is 0 Å². The van der Waals surface area contributed by atoms with Gasteiger partial charge in [-0.3, -0.25) is 4.79 Å². The monoisotopic (exact) mass is 978 g/mol. The van der Waals surface area contributed by atoms with Crippen molar-refractivity contribution in [2.45, 2.75) is 83.7 Å².